The normalized spacial score (nSPS) is 16.8. The van der Waals surface area contributed by atoms with Crippen LogP contribution in [0.5, 0.6) is 0 Å². The molecule has 1 unspecified atom stereocenters. The van der Waals surface area contributed by atoms with Crippen molar-refractivity contribution < 1.29 is 0 Å². The van der Waals surface area contributed by atoms with Gasteiger partial charge < -0.3 is 15.2 Å². The van der Waals surface area contributed by atoms with Gasteiger partial charge in [-0.2, -0.15) is 0 Å². The summed E-state index contributed by atoms with van der Waals surface area (Å²) in [5.41, 5.74) is 0. The molecule has 0 radical (unpaired) electrons. The molecule has 1 atom stereocenters. The summed E-state index contributed by atoms with van der Waals surface area (Å²) < 4.78 is 2.21. The van der Waals surface area contributed by atoms with Crippen LogP contribution in [-0.2, 0) is 13.1 Å². The molecule has 0 aromatic carbocycles. The Balaban J connectivity index is 1.56. The number of imidazole rings is 1. The fraction of sp³-hybridized carbons (Fsp3) is 0.600. The van der Waals surface area contributed by atoms with Crippen LogP contribution in [0.1, 0.15) is 43.4 Å². The molecular formula is C20H32N6S. The average Bonchev–Trinajstić information content (AvgIpc) is 3.40. The van der Waals surface area contributed by atoms with Crippen molar-refractivity contribution in [1.82, 2.24) is 25.1 Å². The van der Waals surface area contributed by atoms with Gasteiger partial charge in [0.2, 0.25) is 0 Å². The van der Waals surface area contributed by atoms with Gasteiger partial charge in [-0.3, -0.25) is 9.89 Å². The number of likely N-dealkylation sites (tertiary alicyclic amines) is 1. The predicted octanol–water partition coefficient (Wildman–Crippen LogP) is 3.10. The quantitative estimate of drug-likeness (QED) is 0.539. The van der Waals surface area contributed by atoms with Gasteiger partial charge in [0.25, 0.3) is 0 Å². The summed E-state index contributed by atoms with van der Waals surface area (Å²) in [6, 6.07) is 4.80. The first-order chi connectivity index (χ1) is 13.2. The van der Waals surface area contributed by atoms with Crippen LogP contribution in [0.15, 0.2) is 34.9 Å². The first-order valence-corrected chi connectivity index (χ1v) is 10.8. The molecule has 1 fully saturated rings. The van der Waals surface area contributed by atoms with Gasteiger partial charge in [0.1, 0.15) is 5.82 Å². The Morgan fingerprint density at radius 1 is 1.30 bits per heavy atom. The summed E-state index contributed by atoms with van der Waals surface area (Å²) in [5.74, 6) is 2.47. The van der Waals surface area contributed by atoms with E-state index < -0.39 is 0 Å². The van der Waals surface area contributed by atoms with E-state index in [-0.39, 0.29) is 0 Å². The Labute approximate surface area is 166 Å². The number of nitrogens with one attached hydrogen (secondary N) is 2. The fourth-order valence-corrected chi connectivity index (χ4v) is 4.45. The second-order valence-electron chi connectivity index (χ2n) is 7.47. The fourth-order valence-electron chi connectivity index (χ4n) is 3.59. The molecule has 148 valence electrons. The number of hydrogen-bond acceptors (Lipinski definition) is 4. The van der Waals surface area contributed by atoms with Gasteiger partial charge in [-0.05, 0) is 43.3 Å². The first kappa shape index (κ1) is 19.9. The highest BCUT2D eigenvalue weighted by Gasteiger charge is 2.24. The molecule has 0 aliphatic carbocycles. The van der Waals surface area contributed by atoms with Gasteiger partial charge in [-0.1, -0.05) is 19.9 Å². The number of aliphatic imine (C=N–C) groups is 1. The lowest BCUT2D eigenvalue weighted by Gasteiger charge is -2.27. The largest absolute Gasteiger partial charge is 0.354 e. The summed E-state index contributed by atoms with van der Waals surface area (Å²) >= 11 is 1.84. The minimum atomic E-state index is 0.411. The van der Waals surface area contributed by atoms with Crippen molar-refractivity contribution >= 4 is 17.3 Å². The van der Waals surface area contributed by atoms with Gasteiger partial charge >= 0.3 is 0 Å². The van der Waals surface area contributed by atoms with E-state index in [2.05, 4.69) is 61.4 Å². The Bertz CT molecular complexity index is 700. The maximum Gasteiger partial charge on any atom is 0.191 e. The lowest BCUT2D eigenvalue weighted by Crippen LogP contribution is -2.42. The Kier molecular flexibility index (Phi) is 7.29. The third-order valence-electron chi connectivity index (χ3n) is 4.92. The smallest absolute Gasteiger partial charge is 0.191 e. The molecule has 2 N–H and O–H groups in total. The van der Waals surface area contributed by atoms with E-state index in [0.29, 0.717) is 18.5 Å². The second kappa shape index (κ2) is 9.90. The Hall–Kier alpha value is -1.86. The number of hydrogen-bond donors (Lipinski definition) is 2. The molecule has 1 aliphatic rings. The third kappa shape index (κ3) is 5.56. The Morgan fingerprint density at radius 2 is 2.11 bits per heavy atom. The molecule has 0 amide bonds. The third-order valence-corrected chi connectivity index (χ3v) is 5.89. The molecule has 0 bridgehead atoms. The van der Waals surface area contributed by atoms with Gasteiger partial charge in [0.15, 0.2) is 5.96 Å². The van der Waals surface area contributed by atoms with Crippen LogP contribution in [-0.4, -0.2) is 47.1 Å². The van der Waals surface area contributed by atoms with Crippen molar-refractivity contribution in [2.75, 3.05) is 26.7 Å². The van der Waals surface area contributed by atoms with E-state index in [1.807, 2.05) is 30.8 Å². The monoisotopic (exact) mass is 388 g/mol. The van der Waals surface area contributed by atoms with E-state index in [1.54, 1.807) is 0 Å². The zero-order valence-corrected chi connectivity index (χ0v) is 17.5. The number of aromatic nitrogens is 2. The van der Waals surface area contributed by atoms with Crippen LogP contribution >= 0.6 is 11.3 Å². The standard InChI is InChI=1S/C20H32N6S/c1-16(2)15-26-11-8-22-19(26)14-24-20(21-3)23-13-17(18-7-6-12-27-18)25-9-4-5-10-25/h6-8,11-12,16-17H,4-5,9-10,13-15H2,1-3H3,(H2,21,23,24). The number of nitrogens with zero attached hydrogens (tertiary/aromatic N) is 4. The SMILES string of the molecule is CN=C(NCc1nccn1CC(C)C)NCC(c1cccs1)N1CCCC1. The van der Waals surface area contributed by atoms with Crippen LogP contribution in [0, 0.1) is 5.92 Å². The van der Waals surface area contributed by atoms with E-state index in [0.717, 1.165) is 24.9 Å². The van der Waals surface area contributed by atoms with E-state index in [4.69, 9.17) is 0 Å². The molecule has 3 heterocycles. The molecule has 0 spiro atoms. The van der Waals surface area contributed by atoms with Crippen LogP contribution < -0.4 is 10.6 Å². The van der Waals surface area contributed by atoms with Crippen LogP contribution in [0.4, 0.5) is 0 Å². The average molecular weight is 389 g/mol. The number of thiophene rings is 1. The molecule has 2 aromatic heterocycles. The highest BCUT2D eigenvalue weighted by atomic mass is 32.1. The lowest BCUT2D eigenvalue weighted by atomic mass is 10.2. The highest BCUT2D eigenvalue weighted by Crippen LogP contribution is 2.27. The van der Waals surface area contributed by atoms with Crippen LogP contribution in [0.25, 0.3) is 0 Å². The maximum absolute atomic E-state index is 4.49. The zero-order chi connectivity index (χ0) is 19.1. The second-order valence-corrected chi connectivity index (χ2v) is 8.45. The van der Waals surface area contributed by atoms with E-state index in [1.165, 1.54) is 30.8 Å². The van der Waals surface area contributed by atoms with Crippen LogP contribution in [0.2, 0.25) is 0 Å². The molecule has 6 nitrogen and oxygen atoms in total. The predicted molar refractivity (Wildman–Crippen MR) is 113 cm³/mol. The molecule has 7 heteroatoms. The van der Waals surface area contributed by atoms with Gasteiger partial charge in [0, 0.05) is 37.4 Å². The number of guanidine groups is 1. The minimum absolute atomic E-state index is 0.411. The van der Waals surface area contributed by atoms with Crippen molar-refractivity contribution in [3.05, 3.63) is 40.6 Å². The van der Waals surface area contributed by atoms with Crippen molar-refractivity contribution in [2.24, 2.45) is 10.9 Å². The van der Waals surface area contributed by atoms with Crippen LogP contribution in [0.3, 0.4) is 0 Å². The summed E-state index contributed by atoms with van der Waals surface area (Å²) in [6.45, 7) is 9.33. The summed E-state index contributed by atoms with van der Waals surface area (Å²) in [7, 11) is 1.83. The Morgan fingerprint density at radius 3 is 2.78 bits per heavy atom. The summed E-state index contributed by atoms with van der Waals surface area (Å²) in [5, 5.41) is 9.11. The summed E-state index contributed by atoms with van der Waals surface area (Å²) in [6.07, 6.45) is 6.52. The molecule has 0 saturated carbocycles. The van der Waals surface area contributed by atoms with Crippen molar-refractivity contribution in [3.8, 4) is 0 Å². The highest BCUT2D eigenvalue weighted by molar-refractivity contribution is 7.10. The van der Waals surface area contributed by atoms with Gasteiger partial charge in [0.05, 0.1) is 12.6 Å². The van der Waals surface area contributed by atoms with E-state index in [9.17, 15) is 0 Å². The molecule has 1 aliphatic heterocycles. The zero-order valence-electron chi connectivity index (χ0n) is 16.7. The van der Waals surface area contributed by atoms with Crippen molar-refractivity contribution in [2.45, 2.75) is 45.8 Å². The molecular weight excluding hydrogens is 356 g/mol. The van der Waals surface area contributed by atoms with Gasteiger partial charge in [-0.25, -0.2) is 4.98 Å². The molecule has 2 aromatic rings. The van der Waals surface area contributed by atoms with Crippen molar-refractivity contribution in [1.29, 1.82) is 0 Å². The maximum atomic E-state index is 4.49. The summed E-state index contributed by atoms with van der Waals surface area (Å²) in [4.78, 5) is 12.9. The van der Waals surface area contributed by atoms with Crippen molar-refractivity contribution in [3.63, 3.8) is 0 Å². The molecule has 27 heavy (non-hydrogen) atoms. The first-order valence-electron chi connectivity index (χ1n) is 9.89. The number of rotatable bonds is 8. The lowest BCUT2D eigenvalue weighted by molar-refractivity contribution is 0.249. The molecule has 1 saturated heterocycles. The van der Waals surface area contributed by atoms with Gasteiger partial charge in [-0.15, -0.1) is 11.3 Å². The molecule has 3 rings (SSSR count). The minimum Gasteiger partial charge on any atom is -0.354 e. The van der Waals surface area contributed by atoms with E-state index >= 15 is 0 Å². The topological polar surface area (TPSA) is 57.5 Å².